The first-order chi connectivity index (χ1) is 16.7. The number of primary amides is 2. The van der Waals surface area contributed by atoms with Gasteiger partial charge < -0.3 is 30.5 Å². The molecule has 35 heavy (non-hydrogen) atoms. The number of carbonyl (C=O) groups is 2. The first-order valence-corrected chi connectivity index (χ1v) is 10.6. The highest BCUT2D eigenvalue weighted by molar-refractivity contribution is 6.08. The Hall–Kier alpha value is -4.41. The number of nitrogens with zero attached hydrogens (tertiary/aromatic N) is 1. The standard InChI is InChI=1S/C24H17F3N4O4/c25-24(26,27)21-18(23(29)33)17(22(28)32)14-8-12-11-3-1-2-4-13(11)30-19(12)20(31(14)21)10-5-6-15-16(7-10)35-9-34-15/h1-7,20,30H,8-9H2,(H2,28,32)(H2,29,33)/t20-/m1/s1. The Bertz CT molecular complexity index is 1570. The molecule has 2 aliphatic heterocycles. The van der Waals surface area contributed by atoms with Crippen LogP contribution in [0.2, 0.25) is 0 Å². The highest BCUT2D eigenvalue weighted by Gasteiger charge is 2.47. The largest absolute Gasteiger partial charge is 0.454 e. The first kappa shape index (κ1) is 21.1. The molecule has 0 saturated heterocycles. The number of benzene rings is 2. The minimum atomic E-state index is -5.01. The number of halogens is 3. The monoisotopic (exact) mass is 482 g/mol. The van der Waals surface area contributed by atoms with Gasteiger partial charge in [-0.15, -0.1) is 0 Å². The number of hydrogen-bond acceptors (Lipinski definition) is 4. The Balaban J connectivity index is 1.75. The van der Waals surface area contributed by atoms with E-state index in [0.717, 1.165) is 15.5 Å². The molecule has 4 aromatic rings. The van der Waals surface area contributed by atoms with Crippen LogP contribution in [0.15, 0.2) is 42.5 Å². The normalized spacial score (nSPS) is 16.3. The van der Waals surface area contributed by atoms with E-state index in [1.54, 1.807) is 24.3 Å². The van der Waals surface area contributed by atoms with Gasteiger partial charge in [0, 0.05) is 28.7 Å². The molecule has 11 heteroatoms. The van der Waals surface area contributed by atoms with E-state index in [1.807, 2.05) is 18.2 Å². The molecule has 0 saturated carbocycles. The van der Waals surface area contributed by atoms with E-state index in [9.17, 15) is 22.8 Å². The fourth-order valence-electron chi connectivity index (χ4n) is 5.22. The second-order valence-corrected chi connectivity index (χ2v) is 8.40. The predicted octanol–water partition coefficient (Wildman–Crippen LogP) is 3.46. The minimum absolute atomic E-state index is 0.0126. The summed E-state index contributed by atoms with van der Waals surface area (Å²) >= 11 is 0. The predicted molar refractivity (Wildman–Crippen MR) is 117 cm³/mol. The van der Waals surface area contributed by atoms with Gasteiger partial charge in [0.05, 0.1) is 17.2 Å². The van der Waals surface area contributed by atoms with Crippen molar-refractivity contribution in [2.45, 2.75) is 18.6 Å². The number of nitrogens with one attached hydrogen (secondary N) is 1. The number of nitrogens with two attached hydrogens (primary N) is 2. The smallest absolute Gasteiger partial charge is 0.432 e. The zero-order chi connectivity index (χ0) is 24.6. The highest BCUT2D eigenvalue weighted by Crippen LogP contribution is 2.48. The third kappa shape index (κ3) is 2.94. The number of fused-ring (bicyclic) bond motifs is 5. The van der Waals surface area contributed by atoms with Crippen molar-refractivity contribution in [1.29, 1.82) is 0 Å². The van der Waals surface area contributed by atoms with Crippen LogP contribution in [0, 0.1) is 0 Å². The van der Waals surface area contributed by atoms with Gasteiger partial charge in [0.25, 0.3) is 11.8 Å². The van der Waals surface area contributed by atoms with E-state index in [1.165, 1.54) is 0 Å². The van der Waals surface area contributed by atoms with Crippen LogP contribution in [0.5, 0.6) is 11.5 Å². The van der Waals surface area contributed by atoms with Crippen LogP contribution in [0.4, 0.5) is 13.2 Å². The van der Waals surface area contributed by atoms with Crippen molar-refractivity contribution >= 4 is 22.7 Å². The van der Waals surface area contributed by atoms with Gasteiger partial charge in [0.2, 0.25) is 6.79 Å². The summed E-state index contributed by atoms with van der Waals surface area (Å²) in [6.45, 7) is -0.0126. The number of rotatable bonds is 3. The molecule has 0 aliphatic carbocycles. The zero-order valence-corrected chi connectivity index (χ0v) is 17.9. The molecule has 2 aromatic carbocycles. The van der Waals surface area contributed by atoms with Gasteiger partial charge in [0.15, 0.2) is 11.5 Å². The van der Waals surface area contributed by atoms with Crippen molar-refractivity contribution in [3.05, 3.63) is 81.8 Å². The van der Waals surface area contributed by atoms with Crippen LogP contribution in [0.1, 0.15) is 55.0 Å². The van der Waals surface area contributed by atoms with Gasteiger partial charge in [-0.25, -0.2) is 0 Å². The quantitative estimate of drug-likeness (QED) is 0.364. The van der Waals surface area contributed by atoms with Crippen LogP contribution in [0.3, 0.4) is 0 Å². The molecule has 0 radical (unpaired) electrons. The second-order valence-electron chi connectivity index (χ2n) is 8.40. The van der Waals surface area contributed by atoms with E-state index in [2.05, 4.69) is 4.98 Å². The summed E-state index contributed by atoms with van der Waals surface area (Å²) in [4.78, 5) is 28.0. The lowest BCUT2D eigenvalue weighted by atomic mass is 9.91. The molecule has 2 aliphatic rings. The summed E-state index contributed by atoms with van der Waals surface area (Å²) in [5.41, 5.74) is 10.4. The SMILES string of the molecule is NC(=O)c1c(C(N)=O)c(C(F)(F)F)n2c1Cc1c([nH]c3ccccc13)[C@H]2c1ccc2c(c1)OCO2. The van der Waals surface area contributed by atoms with Crippen molar-refractivity contribution in [1.82, 2.24) is 9.55 Å². The Labute approximate surface area is 195 Å². The summed E-state index contributed by atoms with van der Waals surface area (Å²) < 4.78 is 55.3. The maximum Gasteiger partial charge on any atom is 0.432 e. The molecule has 2 amide bonds. The minimum Gasteiger partial charge on any atom is -0.454 e. The molecule has 0 bridgehead atoms. The molecule has 8 nitrogen and oxygen atoms in total. The number of amides is 2. The summed E-state index contributed by atoms with van der Waals surface area (Å²) in [5.74, 6) is -1.71. The van der Waals surface area contributed by atoms with Gasteiger partial charge in [-0.1, -0.05) is 24.3 Å². The Kier molecular flexibility index (Phi) is 4.26. The second kappa shape index (κ2) is 7.05. The average Bonchev–Trinajstić information content (AvgIpc) is 3.49. The van der Waals surface area contributed by atoms with Crippen molar-refractivity contribution in [3.63, 3.8) is 0 Å². The lowest BCUT2D eigenvalue weighted by molar-refractivity contribution is -0.144. The van der Waals surface area contributed by atoms with Crippen LogP contribution < -0.4 is 20.9 Å². The number of carbonyl (C=O) groups excluding carboxylic acids is 2. The number of aromatic amines is 1. The molecule has 1 atom stereocenters. The molecule has 2 aromatic heterocycles. The summed E-state index contributed by atoms with van der Waals surface area (Å²) in [6, 6.07) is 11.0. The van der Waals surface area contributed by atoms with E-state index in [-0.39, 0.29) is 18.9 Å². The van der Waals surface area contributed by atoms with E-state index in [0.29, 0.717) is 28.3 Å². The molecule has 5 N–H and O–H groups in total. The van der Waals surface area contributed by atoms with Crippen LogP contribution in [-0.2, 0) is 12.6 Å². The Morgan fingerprint density at radius 2 is 1.71 bits per heavy atom. The van der Waals surface area contributed by atoms with Gasteiger partial charge >= 0.3 is 6.18 Å². The topological polar surface area (TPSA) is 125 Å². The van der Waals surface area contributed by atoms with E-state index < -0.39 is 40.9 Å². The zero-order valence-electron chi connectivity index (χ0n) is 17.9. The maximum absolute atomic E-state index is 14.5. The summed E-state index contributed by atoms with van der Waals surface area (Å²) in [6.07, 6.45) is -5.07. The van der Waals surface area contributed by atoms with Gasteiger partial charge in [0.1, 0.15) is 5.69 Å². The number of aromatic nitrogens is 2. The van der Waals surface area contributed by atoms with Gasteiger partial charge in [-0.05, 0) is 29.3 Å². The third-order valence-electron chi connectivity index (χ3n) is 6.50. The van der Waals surface area contributed by atoms with E-state index >= 15 is 0 Å². The molecule has 0 unspecified atom stereocenters. The van der Waals surface area contributed by atoms with Crippen LogP contribution in [-0.4, -0.2) is 28.2 Å². The molecule has 178 valence electrons. The Morgan fingerprint density at radius 3 is 2.43 bits per heavy atom. The van der Waals surface area contributed by atoms with Crippen LogP contribution >= 0.6 is 0 Å². The van der Waals surface area contributed by atoms with Gasteiger partial charge in [-0.2, -0.15) is 13.2 Å². The number of para-hydroxylation sites is 1. The number of H-pyrrole nitrogens is 1. The number of alkyl halides is 3. The number of hydrogen-bond donors (Lipinski definition) is 3. The van der Waals surface area contributed by atoms with Crippen molar-refractivity contribution < 1.29 is 32.2 Å². The summed E-state index contributed by atoms with van der Waals surface area (Å²) in [7, 11) is 0. The first-order valence-electron chi connectivity index (χ1n) is 10.6. The van der Waals surface area contributed by atoms with Gasteiger partial charge in [-0.3, -0.25) is 9.59 Å². The third-order valence-corrected chi connectivity index (χ3v) is 6.50. The molecule has 0 spiro atoms. The van der Waals surface area contributed by atoms with Crippen molar-refractivity contribution in [2.75, 3.05) is 6.79 Å². The molecular formula is C24H17F3N4O4. The van der Waals surface area contributed by atoms with E-state index in [4.69, 9.17) is 20.9 Å². The average molecular weight is 482 g/mol. The fourth-order valence-corrected chi connectivity index (χ4v) is 5.22. The lowest BCUT2D eigenvalue weighted by Crippen LogP contribution is -2.28. The van der Waals surface area contributed by atoms with Crippen molar-refractivity contribution in [3.8, 4) is 11.5 Å². The molecular weight excluding hydrogens is 465 g/mol. The van der Waals surface area contributed by atoms with Crippen LogP contribution in [0.25, 0.3) is 10.9 Å². The maximum atomic E-state index is 14.5. The van der Waals surface area contributed by atoms with Crippen molar-refractivity contribution in [2.24, 2.45) is 11.5 Å². The molecule has 4 heterocycles. The highest BCUT2D eigenvalue weighted by atomic mass is 19.4. The Morgan fingerprint density at radius 1 is 1.00 bits per heavy atom. The molecule has 0 fully saturated rings. The summed E-state index contributed by atoms with van der Waals surface area (Å²) in [5, 5.41) is 0.783. The fraction of sp³-hybridized carbons (Fsp3) is 0.167. The molecule has 6 rings (SSSR count). The number of ether oxygens (including phenoxy) is 2. The lowest BCUT2D eigenvalue weighted by Gasteiger charge is -2.30.